The highest BCUT2D eigenvalue weighted by molar-refractivity contribution is 9.10. The van der Waals surface area contributed by atoms with Gasteiger partial charge >= 0.3 is 6.09 Å². The van der Waals surface area contributed by atoms with Crippen LogP contribution in [0.4, 0.5) is 4.79 Å². The van der Waals surface area contributed by atoms with Crippen molar-refractivity contribution in [2.45, 2.75) is 127 Å². The van der Waals surface area contributed by atoms with Crippen LogP contribution in [0, 0.1) is 11.3 Å². The Morgan fingerprint density at radius 3 is 2.53 bits per heavy atom. The lowest BCUT2D eigenvalue weighted by atomic mass is 9.91. The minimum absolute atomic E-state index is 0.0309. The Bertz CT molecular complexity index is 1720. The molecule has 0 unspecified atom stereocenters. The van der Waals surface area contributed by atoms with E-state index in [-0.39, 0.29) is 37.1 Å². The molecule has 51 heavy (non-hydrogen) atoms. The van der Waals surface area contributed by atoms with Gasteiger partial charge in [-0.05, 0) is 67.2 Å². The number of sulfonamides is 1. The van der Waals surface area contributed by atoms with Crippen LogP contribution >= 0.6 is 15.9 Å². The smallest absolute Gasteiger partial charge is 0.410 e. The number of rotatable bonds is 6. The van der Waals surface area contributed by atoms with Crippen molar-refractivity contribution in [1.29, 1.82) is 0 Å². The first-order valence-corrected chi connectivity index (χ1v) is 20.3. The fraction of sp³-hybridized carbons (Fsp3) is 0.639. The number of carbonyl (C=O) groups excluding carboxylic acids is 5. The van der Waals surface area contributed by atoms with Crippen molar-refractivity contribution in [3.8, 4) is 0 Å². The normalized spacial score (nSPS) is 28.4. The maximum absolute atomic E-state index is 14.4. The van der Waals surface area contributed by atoms with E-state index < -0.39 is 68.7 Å². The van der Waals surface area contributed by atoms with Gasteiger partial charge in [0.05, 0.1) is 11.8 Å². The van der Waals surface area contributed by atoms with Gasteiger partial charge in [-0.25, -0.2) is 13.2 Å². The molecule has 0 bridgehead atoms. The van der Waals surface area contributed by atoms with Crippen molar-refractivity contribution in [1.82, 2.24) is 25.2 Å². The molecular formula is C36H48BrN5O8S. The molecule has 15 heteroatoms. The van der Waals surface area contributed by atoms with Gasteiger partial charge in [0.2, 0.25) is 27.7 Å². The van der Waals surface area contributed by atoms with Crippen LogP contribution in [-0.4, -0.2) is 83.5 Å². The van der Waals surface area contributed by atoms with Gasteiger partial charge in [0, 0.05) is 36.3 Å². The van der Waals surface area contributed by atoms with E-state index in [1.54, 1.807) is 4.90 Å². The van der Waals surface area contributed by atoms with E-state index in [1.165, 1.54) is 4.90 Å². The number of hydrogen-bond donors (Lipinski definition) is 3. The fourth-order valence-corrected chi connectivity index (χ4v) is 9.06. The third-order valence-electron chi connectivity index (χ3n) is 10.3. The van der Waals surface area contributed by atoms with Crippen molar-refractivity contribution >= 4 is 55.7 Å². The molecule has 1 saturated heterocycles. The van der Waals surface area contributed by atoms with Crippen LogP contribution in [0.2, 0.25) is 0 Å². The number of allylic oxidation sites excluding steroid dienone is 1. The van der Waals surface area contributed by atoms with E-state index in [0.717, 1.165) is 28.4 Å². The minimum atomic E-state index is -3.89. The maximum atomic E-state index is 14.4. The molecule has 13 nitrogen and oxygen atoms in total. The summed E-state index contributed by atoms with van der Waals surface area (Å²) in [7, 11) is -3.89. The molecule has 0 radical (unpaired) electrons. The van der Waals surface area contributed by atoms with E-state index in [9.17, 15) is 32.4 Å². The van der Waals surface area contributed by atoms with Crippen LogP contribution in [0.1, 0.15) is 96.1 Å². The molecule has 3 N–H and O–H groups in total. The van der Waals surface area contributed by atoms with Crippen molar-refractivity contribution in [3.05, 3.63) is 46.0 Å². The van der Waals surface area contributed by atoms with Gasteiger partial charge in [-0.1, -0.05) is 67.8 Å². The Morgan fingerprint density at radius 2 is 1.80 bits per heavy atom. The Hall–Kier alpha value is -3.46. The second kappa shape index (κ2) is 14.5. The van der Waals surface area contributed by atoms with E-state index in [1.807, 2.05) is 51.1 Å². The number of amides is 5. The summed E-state index contributed by atoms with van der Waals surface area (Å²) in [4.78, 5) is 71.6. The number of fused-ring (bicyclic) bond motifs is 3. The molecule has 2 aliphatic carbocycles. The van der Waals surface area contributed by atoms with Crippen molar-refractivity contribution < 1.29 is 37.1 Å². The molecule has 0 spiro atoms. The van der Waals surface area contributed by atoms with E-state index in [0.29, 0.717) is 45.2 Å². The molecule has 0 aromatic heterocycles. The lowest BCUT2D eigenvalue weighted by Gasteiger charge is -2.30. The van der Waals surface area contributed by atoms with E-state index in [4.69, 9.17) is 4.74 Å². The lowest BCUT2D eigenvalue weighted by Crippen LogP contribution is -2.58. The number of carbonyl (C=O) groups is 5. The number of halogens is 1. The van der Waals surface area contributed by atoms with Crippen LogP contribution in [0.5, 0.6) is 0 Å². The second-order valence-electron chi connectivity index (χ2n) is 15.9. The molecule has 2 saturated carbocycles. The highest BCUT2D eigenvalue weighted by Crippen LogP contribution is 2.46. The third-order valence-corrected chi connectivity index (χ3v) is 12.6. The molecule has 6 rings (SSSR count). The van der Waals surface area contributed by atoms with Gasteiger partial charge in [-0.15, -0.1) is 0 Å². The Morgan fingerprint density at radius 1 is 1.06 bits per heavy atom. The molecule has 5 atom stereocenters. The quantitative estimate of drug-likeness (QED) is 0.366. The zero-order valence-corrected chi connectivity index (χ0v) is 31.8. The standard InChI is InChI=1S/C36H48BrN5O8S/c1-35(2,3)18-30(43)38-28-10-8-6-4-5-7-9-24-17-36(24,33(46)40-51(48,49)27-13-14-27)39-31(44)29-16-26(21-42(29)32(28)45)50-34(47)41-19-22-11-12-25(37)15-23(22)20-41/h7,9,11-12,15,24,26-29H,4-6,8,10,13-14,16-21H2,1-3H3,(H,38,43)(H,39,44)(H,40,46)/t24-,26-,28+,29+,36-/m1/s1. The van der Waals surface area contributed by atoms with Gasteiger partial charge in [-0.2, -0.15) is 0 Å². The minimum Gasteiger partial charge on any atom is -0.444 e. The summed E-state index contributed by atoms with van der Waals surface area (Å²) in [5, 5.41) is 5.13. The maximum Gasteiger partial charge on any atom is 0.410 e. The van der Waals surface area contributed by atoms with Crippen molar-refractivity contribution in [2.75, 3.05) is 6.54 Å². The number of hydrogen-bond acceptors (Lipinski definition) is 8. The Labute approximate surface area is 307 Å². The second-order valence-corrected chi connectivity index (χ2v) is 18.8. The first kappa shape index (κ1) is 37.3. The molecule has 5 aliphatic rings. The van der Waals surface area contributed by atoms with Gasteiger partial charge in [-0.3, -0.25) is 28.8 Å². The highest BCUT2D eigenvalue weighted by Gasteiger charge is 2.62. The van der Waals surface area contributed by atoms with Crippen molar-refractivity contribution in [3.63, 3.8) is 0 Å². The molecule has 5 amide bonds. The zero-order valence-electron chi connectivity index (χ0n) is 29.4. The Balaban J connectivity index is 1.25. The monoisotopic (exact) mass is 789 g/mol. The number of nitrogens with one attached hydrogen (secondary N) is 3. The topological polar surface area (TPSA) is 171 Å². The Kier molecular flexibility index (Phi) is 10.6. The highest BCUT2D eigenvalue weighted by atomic mass is 79.9. The average Bonchev–Trinajstić information content (AvgIpc) is 3.93. The molecule has 278 valence electrons. The zero-order chi connectivity index (χ0) is 36.7. The largest absolute Gasteiger partial charge is 0.444 e. The van der Waals surface area contributed by atoms with Crippen molar-refractivity contribution in [2.24, 2.45) is 11.3 Å². The molecule has 3 heterocycles. The summed E-state index contributed by atoms with van der Waals surface area (Å²) >= 11 is 3.47. The number of ether oxygens (including phenoxy) is 1. The van der Waals surface area contributed by atoms with Gasteiger partial charge in [0.15, 0.2) is 0 Å². The summed E-state index contributed by atoms with van der Waals surface area (Å²) in [5.74, 6) is -2.62. The summed E-state index contributed by atoms with van der Waals surface area (Å²) in [6.45, 7) is 6.43. The van der Waals surface area contributed by atoms with Crippen LogP contribution in [0.15, 0.2) is 34.8 Å². The predicted molar refractivity (Wildman–Crippen MR) is 191 cm³/mol. The fourth-order valence-electron chi connectivity index (χ4n) is 7.28. The molecule has 1 aromatic rings. The molecule has 3 aliphatic heterocycles. The number of nitrogens with zero attached hydrogens (tertiary/aromatic N) is 2. The van der Waals surface area contributed by atoms with Gasteiger partial charge in [0.1, 0.15) is 23.7 Å². The van der Waals surface area contributed by atoms with Gasteiger partial charge in [0.25, 0.3) is 5.91 Å². The summed E-state index contributed by atoms with van der Waals surface area (Å²) in [5.41, 5.74) is 0.166. The van der Waals surface area contributed by atoms with Crippen LogP contribution in [0.3, 0.4) is 0 Å². The molecule has 1 aromatic carbocycles. The first-order chi connectivity index (χ1) is 24.0. The summed E-state index contributed by atoms with van der Waals surface area (Å²) < 4.78 is 34.6. The van der Waals surface area contributed by atoms with Gasteiger partial charge < -0.3 is 20.3 Å². The number of benzene rings is 1. The molecule has 3 fully saturated rings. The third kappa shape index (κ3) is 8.78. The SMILES string of the molecule is CC(C)(C)CC(=O)N[C@H]1CCCCCC=C[C@@H]2C[C@@]2(C(=O)NS(=O)(=O)C2CC2)NC(=O)[C@@H]2C[C@@H](OC(=O)N3Cc4ccc(Br)cc4C3)CN2C1=O. The van der Waals surface area contributed by atoms with E-state index in [2.05, 4.69) is 31.3 Å². The average molecular weight is 791 g/mol. The summed E-state index contributed by atoms with van der Waals surface area (Å²) in [6.07, 6.45) is 7.02. The molecular weight excluding hydrogens is 742 g/mol. The summed E-state index contributed by atoms with van der Waals surface area (Å²) in [6, 6.07) is 3.76. The lowest BCUT2D eigenvalue weighted by molar-refractivity contribution is -0.142. The van der Waals surface area contributed by atoms with Crippen LogP contribution in [0.25, 0.3) is 0 Å². The van der Waals surface area contributed by atoms with Crippen LogP contribution in [-0.2, 0) is 47.0 Å². The predicted octanol–water partition coefficient (Wildman–Crippen LogP) is 3.80. The first-order valence-electron chi connectivity index (χ1n) is 17.9. The van der Waals surface area contributed by atoms with E-state index >= 15 is 0 Å². The van der Waals surface area contributed by atoms with Crippen LogP contribution < -0.4 is 15.4 Å².